The average molecular weight is 152 g/mol. The lowest BCUT2D eigenvalue weighted by atomic mass is 9.84. The van der Waals surface area contributed by atoms with Crippen LogP contribution in [0, 0.1) is 5.92 Å². The number of hydrogen-bond donors (Lipinski definition) is 0. The molecule has 2 heteroatoms. The fraction of sp³-hybridized carbons (Fsp3) is 0.556. The topological polar surface area (TPSA) is 34.1 Å². The number of aldehydes is 1. The van der Waals surface area contributed by atoms with E-state index < -0.39 is 0 Å². The van der Waals surface area contributed by atoms with Gasteiger partial charge in [0.25, 0.3) is 0 Å². The molecule has 11 heavy (non-hydrogen) atoms. The number of allylic oxidation sites excluding steroid dienone is 1. The molecule has 2 nitrogen and oxygen atoms in total. The van der Waals surface area contributed by atoms with Gasteiger partial charge in [-0.15, -0.1) is 0 Å². The second kappa shape index (κ2) is 3.46. The molecular formula is C9H12O2. The highest BCUT2D eigenvalue weighted by Crippen LogP contribution is 2.25. The number of Topliss-reactive ketones (excluding diaryl/α,β-unsaturated/α-hetero) is 1. The Morgan fingerprint density at radius 3 is 2.91 bits per heavy atom. The minimum atomic E-state index is 0.133. The SMILES string of the molecule is C=C(C=O)C1CCCC(=O)C1. The summed E-state index contributed by atoms with van der Waals surface area (Å²) >= 11 is 0. The molecule has 60 valence electrons. The molecule has 0 aromatic carbocycles. The van der Waals surface area contributed by atoms with Crippen LogP contribution < -0.4 is 0 Å². The molecule has 0 N–H and O–H groups in total. The van der Waals surface area contributed by atoms with Gasteiger partial charge in [-0.25, -0.2) is 0 Å². The van der Waals surface area contributed by atoms with Crippen molar-refractivity contribution in [2.24, 2.45) is 5.92 Å². The number of ketones is 1. The van der Waals surface area contributed by atoms with Gasteiger partial charge in [-0.05, 0) is 24.3 Å². The lowest BCUT2D eigenvalue weighted by molar-refractivity contribution is -0.121. The molecule has 0 amide bonds. The maximum atomic E-state index is 10.9. The first-order valence-electron chi connectivity index (χ1n) is 3.89. The monoisotopic (exact) mass is 152 g/mol. The van der Waals surface area contributed by atoms with Gasteiger partial charge in [0.05, 0.1) is 0 Å². The van der Waals surface area contributed by atoms with Crippen LogP contribution >= 0.6 is 0 Å². The van der Waals surface area contributed by atoms with Crippen molar-refractivity contribution >= 4 is 12.1 Å². The first-order chi connectivity index (χ1) is 5.24. The van der Waals surface area contributed by atoms with E-state index in [-0.39, 0.29) is 11.7 Å². The molecule has 1 rings (SSSR count). The Labute approximate surface area is 66.3 Å². The maximum absolute atomic E-state index is 10.9. The van der Waals surface area contributed by atoms with Crippen LogP contribution in [0.4, 0.5) is 0 Å². The molecule has 1 saturated carbocycles. The van der Waals surface area contributed by atoms with Crippen LogP contribution in [-0.2, 0) is 9.59 Å². The van der Waals surface area contributed by atoms with Crippen molar-refractivity contribution in [1.82, 2.24) is 0 Å². The molecule has 0 aromatic heterocycles. The molecule has 0 heterocycles. The van der Waals surface area contributed by atoms with Crippen molar-refractivity contribution < 1.29 is 9.59 Å². The summed E-state index contributed by atoms with van der Waals surface area (Å²) in [4.78, 5) is 21.2. The van der Waals surface area contributed by atoms with Crippen molar-refractivity contribution in [1.29, 1.82) is 0 Å². The van der Waals surface area contributed by atoms with Gasteiger partial charge in [-0.1, -0.05) is 6.58 Å². The zero-order valence-corrected chi connectivity index (χ0v) is 6.51. The highest BCUT2D eigenvalue weighted by atomic mass is 16.1. The van der Waals surface area contributed by atoms with Gasteiger partial charge in [-0.3, -0.25) is 9.59 Å². The molecule has 1 unspecified atom stereocenters. The van der Waals surface area contributed by atoms with Crippen LogP contribution in [-0.4, -0.2) is 12.1 Å². The molecule has 0 spiro atoms. The van der Waals surface area contributed by atoms with Crippen molar-refractivity contribution in [3.63, 3.8) is 0 Å². The zero-order chi connectivity index (χ0) is 8.27. The number of rotatable bonds is 2. The van der Waals surface area contributed by atoms with Crippen molar-refractivity contribution in [3.8, 4) is 0 Å². The van der Waals surface area contributed by atoms with E-state index in [2.05, 4.69) is 6.58 Å². The Morgan fingerprint density at radius 1 is 1.64 bits per heavy atom. The largest absolute Gasteiger partial charge is 0.300 e. The highest BCUT2D eigenvalue weighted by molar-refractivity contribution is 5.82. The van der Waals surface area contributed by atoms with Crippen LogP contribution in [0.5, 0.6) is 0 Å². The quantitative estimate of drug-likeness (QED) is 0.444. The summed E-state index contributed by atoms with van der Waals surface area (Å²) in [6.07, 6.45) is 3.84. The minimum Gasteiger partial charge on any atom is -0.300 e. The number of carbonyl (C=O) groups excluding carboxylic acids is 2. The fourth-order valence-electron chi connectivity index (χ4n) is 1.44. The molecule has 0 aliphatic heterocycles. The van der Waals surface area contributed by atoms with Crippen LogP contribution in [0.1, 0.15) is 25.7 Å². The lowest BCUT2D eigenvalue weighted by Gasteiger charge is -2.19. The Kier molecular flexibility index (Phi) is 2.58. The molecule has 0 radical (unpaired) electrons. The van der Waals surface area contributed by atoms with Crippen molar-refractivity contribution in [3.05, 3.63) is 12.2 Å². The maximum Gasteiger partial charge on any atom is 0.145 e. The summed E-state index contributed by atoms with van der Waals surface area (Å²) in [5, 5.41) is 0. The minimum absolute atomic E-state index is 0.133. The van der Waals surface area contributed by atoms with Crippen LogP contribution in [0.25, 0.3) is 0 Å². The third-order valence-electron chi connectivity index (χ3n) is 2.16. The third-order valence-corrected chi connectivity index (χ3v) is 2.16. The smallest absolute Gasteiger partial charge is 0.145 e. The zero-order valence-electron chi connectivity index (χ0n) is 6.51. The summed E-state index contributed by atoms with van der Waals surface area (Å²) in [5.41, 5.74) is 0.582. The number of hydrogen-bond acceptors (Lipinski definition) is 2. The Hall–Kier alpha value is -0.920. The molecule has 1 aliphatic carbocycles. The first kappa shape index (κ1) is 8.18. The molecule has 0 bridgehead atoms. The van der Waals surface area contributed by atoms with E-state index in [1.54, 1.807) is 0 Å². The van der Waals surface area contributed by atoms with Gasteiger partial charge in [0, 0.05) is 12.8 Å². The summed E-state index contributed by atoms with van der Waals surface area (Å²) in [6, 6.07) is 0. The third kappa shape index (κ3) is 2.00. The summed E-state index contributed by atoms with van der Waals surface area (Å²) < 4.78 is 0. The van der Waals surface area contributed by atoms with E-state index in [9.17, 15) is 9.59 Å². The predicted octanol–water partition coefficient (Wildman–Crippen LogP) is 1.50. The normalized spacial score (nSPS) is 24.7. The van der Waals surface area contributed by atoms with E-state index in [4.69, 9.17) is 0 Å². The van der Waals surface area contributed by atoms with Gasteiger partial charge in [0.1, 0.15) is 12.1 Å². The Balaban J connectivity index is 2.52. The lowest BCUT2D eigenvalue weighted by Crippen LogP contribution is -2.16. The second-order valence-corrected chi connectivity index (χ2v) is 3.02. The Morgan fingerprint density at radius 2 is 2.36 bits per heavy atom. The van der Waals surface area contributed by atoms with Gasteiger partial charge in [0.2, 0.25) is 0 Å². The van der Waals surface area contributed by atoms with E-state index >= 15 is 0 Å². The van der Waals surface area contributed by atoms with Gasteiger partial charge < -0.3 is 0 Å². The van der Waals surface area contributed by atoms with Gasteiger partial charge >= 0.3 is 0 Å². The highest BCUT2D eigenvalue weighted by Gasteiger charge is 2.20. The van der Waals surface area contributed by atoms with Gasteiger partial charge in [0.15, 0.2) is 0 Å². The van der Waals surface area contributed by atoms with Crippen LogP contribution in [0.2, 0.25) is 0 Å². The summed E-state index contributed by atoms with van der Waals surface area (Å²) in [7, 11) is 0. The molecule has 1 fully saturated rings. The molecule has 1 atom stereocenters. The molecule has 0 aromatic rings. The van der Waals surface area contributed by atoms with E-state index in [1.165, 1.54) is 0 Å². The molecule has 0 saturated heterocycles. The molecular weight excluding hydrogens is 140 g/mol. The van der Waals surface area contributed by atoms with Crippen LogP contribution in [0.3, 0.4) is 0 Å². The van der Waals surface area contributed by atoms with E-state index in [0.717, 1.165) is 19.1 Å². The van der Waals surface area contributed by atoms with E-state index in [0.29, 0.717) is 18.4 Å². The second-order valence-electron chi connectivity index (χ2n) is 3.02. The Bertz CT molecular complexity index is 194. The van der Waals surface area contributed by atoms with E-state index in [1.807, 2.05) is 0 Å². The summed E-state index contributed by atoms with van der Waals surface area (Å²) in [6.45, 7) is 3.61. The standard InChI is InChI=1S/C9H12O2/c1-7(6-10)8-3-2-4-9(11)5-8/h6,8H,1-5H2. The van der Waals surface area contributed by atoms with Crippen LogP contribution in [0.15, 0.2) is 12.2 Å². The molecule has 1 aliphatic rings. The predicted molar refractivity (Wildman–Crippen MR) is 42.2 cm³/mol. The average Bonchev–Trinajstić information content (AvgIpc) is 2.03. The number of carbonyl (C=O) groups is 2. The van der Waals surface area contributed by atoms with Crippen molar-refractivity contribution in [2.45, 2.75) is 25.7 Å². The fourth-order valence-corrected chi connectivity index (χ4v) is 1.44. The summed E-state index contributed by atoms with van der Waals surface area (Å²) in [5.74, 6) is 0.401. The van der Waals surface area contributed by atoms with Gasteiger partial charge in [-0.2, -0.15) is 0 Å². The first-order valence-corrected chi connectivity index (χ1v) is 3.89. The van der Waals surface area contributed by atoms with Crippen molar-refractivity contribution in [2.75, 3.05) is 0 Å².